The van der Waals surface area contributed by atoms with E-state index in [4.69, 9.17) is 0 Å². The normalized spacial score (nSPS) is 11.7. The third-order valence-electron chi connectivity index (χ3n) is 2.27. The third-order valence-corrected chi connectivity index (χ3v) is 3.81. The number of fused-ring (bicyclic) bond motifs is 1. The molecule has 0 aliphatic rings. The summed E-state index contributed by atoms with van der Waals surface area (Å²) in [5.74, 6) is 0. The second-order valence-corrected chi connectivity index (χ2v) is 5.62. The van der Waals surface area contributed by atoms with Crippen molar-refractivity contribution in [1.82, 2.24) is 0 Å². The minimum atomic E-state index is -4.57. The molecular formula is C10H7Li2O6S2-. The average Bonchev–Trinajstić information content (AvgIpc) is 2.26. The van der Waals surface area contributed by atoms with Crippen LogP contribution in [0.25, 0.3) is 10.8 Å². The zero-order chi connectivity index (χ0) is 12.6. The van der Waals surface area contributed by atoms with E-state index in [0.29, 0.717) is 5.39 Å². The van der Waals surface area contributed by atoms with Gasteiger partial charge in [0, 0.05) is 4.90 Å². The molecule has 0 heterocycles. The van der Waals surface area contributed by atoms with E-state index in [1.165, 1.54) is 30.3 Å². The molecule has 10 heteroatoms. The van der Waals surface area contributed by atoms with Crippen LogP contribution in [-0.2, 0) is 21.2 Å². The fourth-order valence-corrected chi connectivity index (χ4v) is 2.66. The van der Waals surface area contributed by atoms with Gasteiger partial charge in [0.2, 0.25) is 0 Å². The summed E-state index contributed by atoms with van der Waals surface area (Å²) in [5.41, 5.74) is 0. The summed E-state index contributed by atoms with van der Waals surface area (Å²) in [4.78, 5) is -0.309. The van der Waals surface area contributed by atoms with E-state index in [2.05, 4.69) is 0 Å². The molecule has 6 nitrogen and oxygen atoms in total. The molecule has 1 N–H and O–H groups in total. The second-order valence-electron chi connectivity index (χ2n) is 3.33. The van der Waals surface area contributed by atoms with E-state index < -0.39 is 21.2 Å². The topological polar surface area (TPSA) is 127 Å². The Kier molecular flexibility index (Phi) is 9.25. The second kappa shape index (κ2) is 8.35. The van der Waals surface area contributed by atoms with E-state index in [1.54, 1.807) is 6.07 Å². The van der Waals surface area contributed by atoms with Crippen LogP contribution in [-0.4, -0.2) is 27.2 Å². The van der Waals surface area contributed by atoms with Gasteiger partial charge in [-0.2, -0.15) is 0 Å². The molecule has 0 aliphatic carbocycles. The van der Waals surface area contributed by atoms with Crippen LogP contribution in [0.2, 0.25) is 0 Å². The van der Waals surface area contributed by atoms with Crippen molar-refractivity contribution in [2.75, 3.05) is 0 Å². The molecule has 2 aromatic rings. The molecule has 0 saturated carbocycles. The summed E-state index contributed by atoms with van der Waals surface area (Å²) >= 11 is -2.39. The largest absolute Gasteiger partial charge is 1.00 e. The summed E-state index contributed by atoms with van der Waals surface area (Å²) in [6.07, 6.45) is 0. The van der Waals surface area contributed by atoms with E-state index in [-0.39, 0.29) is 58.4 Å². The first kappa shape index (κ1) is 22.2. The number of rotatable bonds is 2. The molecule has 0 amide bonds. The number of benzene rings is 2. The minimum absolute atomic E-state index is 0. The molecule has 2 rings (SSSR count). The molecule has 0 radical (unpaired) electrons. The molecule has 0 aliphatic heterocycles. The number of hydrogen-bond acceptors (Lipinski definition) is 6. The average molecular weight is 301 g/mol. The molecule has 1 unspecified atom stereocenters. The van der Waals surface area contributed by atoms with Gasteiger partial charge in [-0.15, -0.1) is 0 Å². The first-order chi connectivity index (χ1) is 7.89. The Labute approximate surface area is 142 Å². The van der Waals surface area contributed by atoms with E-state index in [0.717, 1.165) is 0 Å². The molecule has 98 valence electrons. The van der Waals surface area contributed by atoms with Crippen LogP contribution in [0, 0.1) is 0 Å². The molecule has 0 bridgehead atoms. The van der Waals surface area contributed by atoms with Crippen molar-refractivity contribution in [2.24, 2.45) is 0 Å². The van der Waals surface area contributed by atoms with Gasteiger partial charge >= 0.3 is 37.7 Å². The molecule has 20 heavy (non-hydrogen) atoms. The quantitative estimate of drug-likeness (QED) is 0.310. The van der Waals surface area contributed by atoms with Gasteiger partial charge < -0.3 is 14.6 Å². The molecular weight excluding hydrogens is 294 g/mol. The summed E-state index contributed by atoms with van der Waals surface area (Å²) in [6, 6.07) is 8.00. The van der Waals surface area contributed by atoms with Crippen LogP contribution >= 0.6 is 0 Å². The molecule has 0 spiro atoms. The van der Waals surface area contributed by atoms with E-state index in [9.17, 15) is 21.7 Å². The van der Waals surface area contributed by atoms with Gasteiger partial charge in [0.05, 0.1) is 4.90 Å². The Balaban J connectivity index is 0. The molecule has 0 saturated heterocycles. The van der Waals surface area contributed by atoms with Crippen molar-refractivity contribution in [3.05, 3.63) is 36.4 Å². The maximum atomic E-state index is 11.0. The van der Waals surface area contributed by atoms with E-state index in [1.807, 2.05) is 0 Å². The van der Waals surface area contributed by atoms with E-state index >= 15 is 0 Å². The first-order valence-corrected chi connectivity index (χ1v) is 6.96. The smallest absolute Gasteiger partial charge is 0.870 e. The van der Waals surface area contributed by atoms with Gasteiger partial charge in [-0.3, -0.25) is 4.21 Å². The summed E-state index contributed by atoms with van der Waals surface area (Å²) < 4.78 is 54.5. The maximum Gasteiger partial charge on any atom is 1.00 e. The van der Waals surface area contributed by atoms with Gasteiger partial charge in [0.1, 0.15) is 10.1 Å². The van der Waals surface area contributed by atoms with Crippen LogP contribution in [0.15, 0.2) is 46.2 Å². The standard InChI is InChI=1S/C10H8O5S2.2Li.H2O/c11-16(12)8-4-5-9-7(6-8)2-1-3-10(9)17(13,14)15;;;/h1-6H,(H,11,12)(H,13,14,15);;;1H2/q;2*+1;/p-3. The first-order valence-electron chi connectivity index (χ1n) is 4.47. The zero-order valence-electron chi connectivity index (χ0n) is 10.8. The Morgan fingerprint density at radius 2 is 1.65 bits per heavy atom. The summed E-state index contributed by atoms with van der Waals surface area (Å²) in [5, 5.41) is 0.611. The van der Waals surface area contributed by atoms with Gasteiger partial charge in [0.15, 0.2) is 0 Å². The van der Waals surface area contributed by atoms with Crippen molar-refractivity contribution < 1.29 is 64.9 Å². The number of hydrogen-bond donors (Lipinski definition) is 0. The predicted molar refractivity (Wildman–Crippen MR) is 61.0 cm³/mol. The van der Waals surface area contributed by atoms with Crippen molar-refractivity contribution in [1.29, 1.82) is 0 Å². The van der Waals surface area contributed by atoms with Crippen LogP contribution < -0.4 is 37.7 Å². The molecule has 0 fully saturated rings. The van der Waals surface area contributed by atoms with Gasteiger partial charge in [0.25, 0.3) is 0 Å². The van der Waals surface area contributed by atoms with Gasteiger partial charge in [-0.25, -0.2) is 8.42 Å². The fraction of sp³-hybridized carbons (Fsp3) is 0. The Morgan fingerprint density at radius 1 is 1.05 bits per heavy atom. The van der Waals surface area contributed by atoms with Crippen molar-refractivity contribution in [3.63, 3.8) is 0 Å². The van der Waals surface area contributed by atoms with Crippen LogP contribution in [0.1, 0.15) is 0 Å². The maximum absolute atomic E-state index is 11.0. The van der Waals surface area contributed by atoms with Crippen molar-refractivity contribution >= 4 is 32.0 Å². The monoisotopic (exact) mass is 301 g/mol. The fourth-order valence-electron chi connectivity index (χ4n) is 1.55. The SMILES string of the molecule is O=S([O-])c1ccc2c(S(=O)(=O)[O-])cccc2c1.[Li+].[Li+].[OH-]. The molecule has 2 aromatic carbocycles. The van der Waals surface area contributed by atoms with Crippen LogP contribution in [0.4, 0.5) is 0 Å². The molecule has 1 atom stereocenters. The Morgan fingerprint density at radius 3 is 2.15 bits per heavy atom. The molecule has 0 aromatic heterocycles. The van der Waals surface area contributed by atoms with Crippen molar-refractivity contribution in [2.45, 2.75) is 9.79 Å². The zero-order valence-corrected chi connectivity index (χ0v) is 12.4. The van der Waals surface area contributed by atoms with Gasteiger partial charge in [-0.05, 0) is 40.1 Å². The van der Waals surface area contributed by atoms with Gasteiger partial charge in [-0.1, -0.05) is 18.2 Å². The van der Waals surface area contributed by atoms with Crippen LogP contribution in [0.5, 0.6) is 0 Å². The third kappa shape index (κ3) is 4.71. The predicted octanol–water partition coefficient (Wildman–Crippen LogP) is -5.19. The Hall–Kier alpha value is -0.125. The van der Waals surface area contributed by atoms with Crippen LogP contribution in [0.3, 0.4) is 0 Å². The minimum Gasteiger partial charge on any atom is -0.870 e. The van der Waals surface area contributed by atoms with Crippen molar-refractivity contribution in [3.8, 4) is 0 Å². The summed E-state index contributed by atoms with van der Waals surface area (Å²) in [7, 11) is -4.57. The Bertz CT molecular complexity index is 717. The summed E-state index contributed by atoms with van der Waals surface area (Å²) in [6.45, 7) is 0.